The van der Waals surface area contributed by atoms with Gasteiger partial charge in [-0.05, 0) is 18.4 Å². The lowest BCUT2D eigenvalue weighted by Crippen LogP contribution is -2.45. The van der Waals surface area contributed by atoms with Gasteiger partial charge in [0.05, 0.1) is 7.11 Å². The summed E-state index contributed by atoms with van der Waals surface area (Å²) in [5.74, 6) is 0.658. The van der Waals surface area contributed by atoms with Crippen molar-refractivity contribution >= 4 is 0 Å². The Hall–Kier alpha value is -1.13. The smallest absolute Gasteiger partial charge is 0.169 e. The SMILES string of the molecule is COc1cccc([C@@H](CC(C)C)N2CCNCC2)c1F. The third kappa shape index (κ3) is 3.49. The van der Waals surface area contributed by atoms with E-state index in [2.05, 4.69) is 24.1 Å². The Morgan fingerprint density at radius 1 is 1.30 bits per heavy atom. The summed E-state index contributed by atoms with van der Waals surface area (Å²) in [5.41, 5.74) is 0.764. The Morgan fingerprint density at radius 2 is 2.00 bits per heavy atom. The summed E-state index contributed by atoms with van der Waals surface area (Å²) in [4.78, 5) is 2.38. The van der Waals surface area contributed by atoms with Crippen molar-refractivity contribution in [1.29, 1.82) is 0 Å². The molecule has 2 rings (SSSR count). The summed E-state index contributed by atoms with van der Waals surface area (Å²) in [6, 6.07) is 5.59. The highest BCUT2D eigenvalue weighted by atomic mass is 19.1. The van der Waals surface area contributed by atoms with Crippen molar-refractivity contribution in [2.75, 3.05) is 33.3 Å². The third-order valence-electron chi connectivity index (χ3n) is 3.86. The second kappa shape index (κ2) is 7.04. The van der Waals surface area contributed by atoms with Crippen LogP contribution in [0.3, 0.4) is 0 Å². The van der Waals surface area contributed by atoms with Gasteiger partial charge in [0.2, 0.25) is 0 Å². The zero-order chi connectivity index (χ0) is 14.5. The molecule has 0 aliphatic carbocycles. The highest BCUT2D eigenvalue weighted by molar-refractivity contribution is 5.33. The first-order valence-electron chi connectivity index (χ1n) is 7.40. The number of piperazine rings is 1. The lowest BCUT2D eigenvalue weighted by Gasteiger charge is -2.36. The topological polar surface area (TPSA) is 24.5 Å². The lowest BCUT2D eigenvalue weighted by molar-refractivity contribution is 0.150. The van der Waals surface area contributed by atoms with Crippen LogP contribution in [0.15, 0.2) is 18.2 Å². The number of halogens is 1. The number of nitrogens with zero attached hydrogens (tertiary/aromatic N) is 1. The molecule has 1 fully saturated rings. The molecule has 0 saturated carbocycles. The molecule has 0 radical (unpaired) electrons. The van der Waals surface area contributed by atoms with Crippen LogP contribution in [0.1, 0.15) is 31.9 Å². The highest BCUT2D eigenvalue weighted by Crippen LogP contribution is 2.33. The quantitative estimate of drug-likeness (QED) is 0.897. The van der Waals surface area contributed by atoms with Gasteiger partial charge in [0, 0.05) is 37.8 Å². The number of hydrogen-bond acceptors (Lipinski definition) is 3. The molecule has 1 aliphatic rings. The Labute approximate surface area is 121 Å². The van der Waals surface area contributed by atoms with Crippen LogP contribution in [0.5, 0.6) is 5.75 Å². The number of nitrogens with one attached hydrogen (secondary N) is 1. The molecule has 0 amide bonds. The van der Waals surface area contributed by atoms with E-state index in [-0.39, 0.29) is 11.9 Å². The molecule has 0 bridgehead atoms. The fourth-order valence-corrected chi connectivity index (χ4v) is 2.86. The predicted molar refractivity (Wildman–Crippen MR) is 79.6 cm³/mol. The van der Waals surface area contributed by atoms with Gasteiger partial charge in [0.15, 0.2) is 11.6 Å². The predicted octanol–water partition coefficient (Wildman–Crippen LogP) is 2.83. The monoisotopic (exact) mass is 280 g/mol. The van der Waals surface area contributed by atoms with Crippen molar-refractivity contribution in [3.63, 3.8) is 0 Å². The minimum Gasteiger partial charge on any atom is -0.494 e. The zero-order valence-corrected chi connectivity index (χ0v) is 12.7. The minimum absolute atomic E-state index is 0.132. The van der Waals surface area contributed by atoms with Gasteiger partial charge in [0.25, 0.3) is 0 Å². The van der Waals surface area contributed by atoms with Crippen LogP contribution in [0, 0.1) is 11.7 Å². The second-order valence-corrected chi connectivity index (χ2v) is 5.79. The van der Waals surface area contributed by atoms with Crippen LogP contribution >= 0.6 is 0 Å². The van der Waals surface area contributed by atoms with Gasteiger partial charge in [-0.15, -0.1) is 0 Å². The molecular formula is C16H25FN2O. The molecule has 112 valence electrons. The second-order valence-electron chi connectivity index (χ2n) is 5.79. The average Bonchev–Trinajstić information content (AvgIpc) is 2.46. The molecule has 1 aromatic carbocycles. The van der Waals surface area contributed by atoms with E-state index in [1.807, 2.05) is 12.1 Å². The highest BCUT2D eigenvalue weighted by Gasteiger charge is 2.26. The normalized spacial score (nSPS) is 18.2. The maximum absolute atomic E-state index is 14.6. The zero-order valence-electron chi connectivity index (χ0n) is 12.7. The Kier molecular flexibility index (Phi) is 5.38. The van der Waals surface area contributed by atoms with E-state index in [1.165, 1.54) is 7.11 Å². The van der Waals surface area contributed by atoms with Crippen molar-refractivity contribution in [2.45, 2.75) is 26.3 Å². The van der Waals surface area contributed by atoms with E-state index >= 15 is 0 Å². The fraction of sp³-hybridized carbons (Fsp3) is 0.625. The molecule has 0 unspecified atom stereocenters. The number of ether oxygens (including phenoxy) is 1. The van der Waals surface area contributed by atoms with Crippen LogP contribution < -0.4 is 10.1 Å². The van der Waals surface area contributed by atoms with Gasteiger partial charge in [-0.25, -0.2) is 4.39 Å². The van der Waals surface area contributed by atoms with Crippen molar-refractivity contribution in [1.82, 2.24) is 10.2 Å². The molecule has 1 aromatic rings. The Morgan fingerprint density at radius 3 is 2.60 bits per heavy atom. The number of methoxy groups -OCH3 is 1. The maximum atomic E-state index is 14.6. The molecule has 0 spiro atoms. The van der Waals surface area contributed by atoms with Gasteiger partial charge < -0.3 is 10.1 Å². The summed E-state index contributed by atoms with van der Waals surface area (Å²) < 4.78 is 19.7. The van der Waals surface area contributed by atoms with Crippen molar-refractivity contribution in [3.05, 3.63) is 29.6 Å². The molecule has 20 heavy (non-hydrogen) atoms. The lowest BCUT2D eigenvalue weighted by atomic mass is 9.94. The molecule has 1 heterocycles. The van der Waals surface area contributed by atoms with Crippen LogP contribution in [-0.4, -0.2) is 38.2 Å². The van der Waals surface area contributed by atoms with E-state index in [0.717, 1.165) is 38.2 Å². The van der Waals surface area contributed by atoms with Gasteiger partial charge in [-0.1, -0.05) is 26.0 Å². The molecular weight excluding hydrogens is 255 g/mol. The van der Waals surface area contributed by atoms with Crippen LogP contribution in [0.4, 0.5) is 4.39 Å². The summed E-state index contributed by atoms with van der Waals surface area (Å²) in [6.45, 7) is 8.25. The Balaban J connectivity index is 2.30. The van der Waals surface area contributed by atoms with E-state index in [9.17, 15) is 4.39 Å². The first-order chi connectivity index (χ1) is 9.63. The number of benzene rings is 1. The summed E-state index contributed by atoms with van der Waals surface area (Å²) in [5, 5.41) is 3.35. The minimum atomic E-state index is -0.209. The van der Waals surface area contributed by atoms with Crippen LogP contribution in [0.2, 0.25) is 0 Å². The molecule has 1 N–H and O–H groups in total. The van der Waals surface area contributed by atoms with Gasteiger partial charge in [-0.3, -0.25) is 4.90 Å². The van der Waals surface area contributed by atoms with Crippen molar-refractivity contribution in [3.8, 4) is 5.75 Å². The van der Waals surface area contributed by atoms with Crippen LogP contribution in [-0.2, 0) is 0 Å². The average molecular weight is 280 g/mol. The molecule has 3 nitrogen and oxygen atoms in total. The molecule has 1 saturated heterocycles. The first-order valence-corrected chi connectivity index (χ1v) is 7.40. The van der Waals surface area contributed by atoms with E-state index in [4.69, 9.17) is 4.74 Å². The fourth-order valence-electron chi connectivity index (χ4n) is 2.86. The number of rotatable bonds is 5. The maximum Gasteiger partial charge on any atom is 0.169 e. The molecule has 0 aromatic heterocycles. The van der Waals surface area contributed by atoms with Gasteiger partial charge in [-0.2, -0.15) is 0 Å². The van der Waals surface area contributed by atoms with Crippen molar-refractivity contribution < 1.29 is 9.13 Å². The Bertz CT molecular complexity index is 430. The first kappa shape index (κ1) is 15.3. The van der Waals surface area contributed by atoms with Crippen LogP contribution in [0.25, 0.3) is 0 Å². The molecule has 1 aliphatic heterocycles. The van der Waals surface area contributed by atoms with Crippen molar-refractivity contribution in [2.24, 2.45) is 5.92 Å². The largest absolute Gasteiger partial charge is 0.494 e. The summed E-state index contributed by atoms with van der Waals surface area (Å²) in [7, 11) is 1.52. The third-order valence-corrected chi connectivity index (χ3v) is 3.86. The standard InChI is InChI=1S/C16H25FN2O/c1-12(2)11-14(19-9-7-18-8-10-19)13-5-4-6-15(20-3)16(13)17/h4-6,12,14,18H,7-11H2,1-3H3/t14-/m1/s1. The molecule has 1 atom stereocenters. The van der Waals surface area contributed by atoms with Gasteiger partial charge in [0.1, 0.15) is 0 Å². The van der Waals surface area contributed by atoms with Gasteiger partial charge >= 0.3 is 0 Å². The number of hydrogen-bond donors (Lipinski definition) is 1. The summed E-state index contributed by atoms with van der Waals surface area (Å²) in [6.07, 6.45) is 0.962. The van der Waals surface area contributed by atoms with E-state index < -0.39 is 0 Å². The summed E-state index contributed by atoms with van der Waals surface area (Å²) >= 11 is 0. The van der Waals surface area contributed by atoms with E-state index in [1.54, 1.807) is 6.07 Å². The molecule has 4 heteroatoms. The van der Waals surface area contributed by atoms with E-state index in [0.29, 0.717) is 11.7 Å².